The monoisotopic (exact) mass is 615 g/mol. The third kappa shape index (κ3) is 8.29. The third-order valence-electron chi connectivity index (χ3n) is 5.48. The zero-order chi connectivity index (χ0) is 30.8. The van der Waals surface area contributed by atoms with E-state index in [4.69, 9.17) is 32.7 Å². The summed E-state index contributed by atoms with van der Waals surface area (Å²) in [6.07, 6.45) is -4.43. The van der Waals surface area contributed by atoms with Gasteiger partial charge in [0.05, 0.1) is 21.2 Å². The third-order valence-corrected chi connectivity index (χ3v) is 6.14. The fourth-order valence-corrected chi connectivity index (χ4v) is 3.75. The van der Waals surface area contributed by atoms with Crippen LogP contribution in [0.2, 0.25) is 10.0 Å². The fraction of sp³-hybridized carbons (Fsp3) is 0.143. The van der Waals surface area contributed by atoms with Crippen molar-refractivity contribution in [3.63, 3.8) is 0 Å². The summed E-state index contributed by atoms with van der Waals surface area (Å²) in [5, 5.41) is 12.3. The highest BCUT2D eigenvalue weighted by Gasteiger charge is 2.41. The fourth-order valence-electron chi connectivity index (χ4n) is 3.32. The van der Waals surface area contributed by atoms with Crippen molar-refractivity contribution in [2.45, 2.75) is 25.6 Å². The molecule has 0 radical (unpaired) electrons. The number of hydrogen-bond donors (Lipinski definition) is 4. The van der Waals surface area contributed by atoms with Crippen LogP contribution >= 0.6 is 23.2 Å². The van der Waals surface area contributed by atoms with Gasteiger partial charge in [-0.05, 0) is 48.5 Å². The molecule has 3 rings (SSSR count). The standard InChI is InChI=1S/C28H23Cl2N3O9/c1-2-21(34)31-16-13-11-15(12-14-16)24(35)32-33-25(36)22(41-27(39)17-7-3-5-9-19(17)29)23(26(37)38)42-28(40)18-8-4-6-10-20(18)30/h3-14,22-23H,2H2,1H3,(H,31,34)(H,32,35)(H,33,36)(H,37,38)/t22-,23+/m0/s1. The number of benzene rings is 3. The molecule has 3 aromatic rings. The first-order valence-corrected chi connectivity index (χ1v) is 12.9. The zero-order valence-electron chi connectivity index (χ0n) is 21.8. The second kappa shape index (κ2) is 14.6. The lowest BCUT2D eigenvalue weighted by molar-refractivity contribution is -0.159. The molecule has 0 fully saturated rings. The van der Waals surface area contributed by atoms with Crippen molar-refractivity contribution >= 4 is 64.5 Å². The highest BCUT2D eigenvalue weighted by atomic mass is 35.5. The number of anilines is 1. The largest absolute Gasteiger partial charge is 0.478 e. The van der Waals surface area contributed by atoms with E-state index in [1.807, 2.05) is 5.43 Å². The van der Waals surface area contributed by atoms with Crippen LogP contribution < -0.4 is 16.2 Å². The Labute approximate surface area is 248 Å². The molecule has 14 heteroatoms. The second-order valence-corrected chi connectivity index (χ2v) is 9.19. The highest BCUT2D eigenvalue weighted by molar-refractivity contribution is 6.34. The number of rotatable bonds is 10. The van der Waals surface area contributed by atoms with Crippen LogP contribution in [0.1, 0.15) is 44.4 Å². The molecule has 218 valence electrons. The van der Waals surface area contributed by atoms with Gasteiger partial charge >= 0.3 is 17.9 Å². The Hall–Kier alpha value is -4.94. The molecule has 12 nitrogen and oxygen atoms in total. The molecule has 2 atom stereocenters. The van der Waals surface area contributed by atoms with Crippen molar-refractivity contribution in [3.05, 3.63) is 99.5 Å². The molecule has 0 aliphatic heterocycles. The molecule has 4 N–H and O–H groups in total. The van der Waals surface area contributed by atoms with Gasteiger partial charge in [-0.1, -0.05) is 54.4 Å². The maximum absolute atomic E-state index is 13.1. The first kappa shape index (κ1) is 31.6. The van der Waals surface area contributed by atoms with Gasteiger partial charge in [0.2, 0.25) is 18.1 Å². The second-order valence-electron chi connectivity index (χ2n) is 8.37. The number of esters is 2. The Balaban J connectivity index is 1.82. The average Bonchev–Trinajstić information content (AvgIpc) is 2.97. The molecule has 3 amide bonds. The zero-order valence-corrected chi connectivity index (χ0v) is 23.3. The molecule has 0 unspecified atom stereocenters. The summed E-state index contributed by atoms with van der Waals surface area (Å²) < 4.78 is 10.2. The maximum Gasteiger partial charge on any atom is 0.349 e. The van der Waals surface area contributed by atoms with E-state index in [1.165, 1.54) is 72.8 Å². The minimum absolute atomic E-state index is 0.0503. The van der Waals surface area contributed by atoms with Gasteiger partial charge in [-0.15, -0.1) is 0 Å². The summed E-state index contributed by atoms with van der Waals surface area (Å²) in [5.41, 5.74) is 4.09. The van der Waals surface area contributed by atoms with E-state index < -0.39 is 41.9 Å². The summed E-state index contributed by atoms with van der Waals surface area (Å²) >= 11 is 12.0. The summed E-state index contributed by atoms with van der Waals surface area (Å²) in [4.78, 5) is 75.0. The van der Waals surface area contributed by atoms with E-state index >= 15 is 0 Å². The Morgan fingerprint density at radius 1 is 0.738 bits per heavy atom. The Kier molecular flexibility index (Phi) is 11.0. The summed E-state index contributed by atoms with van der Waals surface area (Å²) in [6, 6.07) is 16.8. The Bertz CT molecular complexity index is 1510. The predicted octanol–water partition coefficient (Wildman–Crippen LogP) is 3.64. The van der Waals surface area contributed by atoms with E-state index in [-0.39, 0.29) is 39.1 Å². The van der Waals surface area contributed by atoms with Crippen LogP contribution in [-0.4, -0.2) is 52.9 Å². The van der Waals surface area contributed by atoms with Gasteiger partial charge in [0, 0.05) is 17.7 Å². The molecular weight excluding hydrogens is 593 g/mol. The molecule has 0 heterocycles. The molecule has 0 saturated carbocycles. The number of carbonyl (C=O) groups excluding carboxylic acids is 5. The molecular formula is C28H23Cl2N3O9. The number of halogens is 2. The molecule has 3 aromatic carbocycles. The number of carbonyl (C=O) groups is 6. The minimum Gasteiger partial charge on any atom is -0.478 e. The van der Waals surface area contributed by atoms with Crippen molar-refractivity contribution < 1.29 is 43.3 Å². The first-order chi connectivity index (χ1) is 20.0. The van der Waals surface area contributed by atoms with Gasteiger partial charge in [-0.3, -0.25) is 25.2 Å². The van der Waals surface area contributed by atoms with Crippen LogP contribution in [-0.2, 0) is 23.9 Å². The van der Waals surface area contributed by atoms with Gasteiger partial charge < -0.3 is 19.9 Å². The quantitative estimate of drug-likeness (QED) is 0.196. The summed E-state index contributed by atoms with van der Waals surface area (Å²) in [6.45, 7) is 1.67. The average molecular weight is 616 g/mol. The smallest absolute Gasteiger partial charge is 0.349 e. The van der Waals surface area contributed by atoms with Gasteiger partial charge in [-0.2, -0.15) is 0 Å². The first-order valence-electron chi connectivity index (χ1n) is 12.2. The lowest BCUT2D eigenvalue weighted by Crippen LogP contribution is -2.54. The Morgan fingerprint density at radius 2 is 1.24 bits per heavy atom. The van der Waals surface area contributed by atoms with Gasteiger partial charge in [-0.25, -0.2) is 14.4 Å². The summed E-state index contributed by atoms with van der Waals surface area (Å²) in [7, 11) is 0. The predicted molar refractivity (Wildman–Crippen MR) is 150 cm³/mol. The lowest BCUT2D eigenvalue weighted by Gasteiger charge is -2.24. The van der Waals surface area contributed by atoms with Crippen LogP contribution in [0.4, 0.5) is 5.69 Å². The van der Waals surface area contributed by atoms with E-state index in [0.29, 0.717) is 5.69 Å². The maximum atomic E-state index is 13.1. The number of carboxylic acids is 1. The summed E-state index contributed by atoms with van der Waals surface area (Å²) in [5.74, 6) is -6.71. The van der Waals surface area contributed by atoms with Crippen LogP contribution in [0.15, 0.2) is 72.8 Å². The van der Waals surface area contributed by atoms with Gasteiger partial charge in [0.25, 0.3) is 11.8 Å². The van der Waals surface area contributed by atoms with Crippen molar-refractivity contribution in [2.75, 3.05) is 5.32 Å². The number of aliphatic carboxylic acids is 1. The SMILES string of the molecule is CCC(=O)Nc1ccc(C(=O)NNC(=O)[C@@H](OC(=O)c2ccccc2Cl)[C@@H](OC(=O)c2ccccc2Cl)C(=O)O)cc1. The van der Waals surface area contributed by atoms with Gasteiger partial charge in [0.15, 0.2) is 0 Å². The van der Waals surface area contributed by atoms with E-state index in [9.17, 15) is 33.9 Å². The van der Waals surface area contributed by atoms with Crippen LogP contribution in [0.25, 0.3) is 0 Å². The van der Waals surface area contributed by atoms with Crippen molar-refractivity contribution in [3.8, 4) is 0 Å². The molecule has 0 aliphatic rings. The van der Waals surface area contributed by atoms with Crippen molar-refractivity contribution in [1.82, 2.24) is 10.9 Å². The van der Waals surface area contributed by atoms with E-state index in [0.717, 1.165) is 0 Å². The number of amides is 3. The minimum atomic E-state index is -2.38. The molecule has 0 saturated heterocycles. The number of nitrogens with one attached hydrogen (secondary N) is 3. The van der Waals surface area contributed by atoms with Crippen LogP contribution in [0.5, 0.6) is 0 Å². The number of carboxylic acid groups (broad SMARTS) is 1. The highest BCUT2D eigenvalue weighted by Crippen LogP contribution is 2.21. The van der Waals surface area contributed by atoms with Crippen LogP contribution in [0, 0.1) is 0 Å². The Morgan fingerprint density at radius 3 is 1.71 bits per heavy atom. The van der Waals surface area contributed by atoms with Gasteiger partial charge in [0.1, 0.15) is 0 Å². The van der Waals surface area contributed by atoms with Crippen molar-refractivity contribution in [2.24, 2.45) is 0 Å². The normalized spacial score (nSPS) is 11.8. The molecule has 0 aromatic heterocycles. The number of ether oxygens (including phenoxy) is 2. The number of hydrazine groups is 1. The van der Waals surface area contributed by atoms with Crippen molar-refractivity contribution in [1.29, 1.82) is 0 Å². The molecule has 0 aliphatic carbocycles. The van der Waals surface area contributed by atoms with E-state index in [2.05, 4.69) is 10.7 Å². The molecule has 0 bridgehead atoms. The molecule has 0 spiro atoms. The lowest BCUT2D eigenvalue weighted by atomic mass is 10.1. The van der Waals surface area contributed by atoms with E-state index in [1.54, 1.807) is 6.92 Å². The molecule has 42 heavy (non-hydrogen) atoms. The topological polar surface area (TPSA) is 177 Å². The number of hydrogen-bond acceptors (Lipinski definition) is 8. The van der Waals surface area contributed by atoms with Crippen LogP contribution in [0.3, 0.4) is 0 Å².